The van der Waals surface area contributed by atoms with E-state index in [2.05, 4.69) is 27.2 Å². The summed E-state index contributed by atoms with van der Waals surface area (Å²) in [6, 6.07) is 6.21. The van der Waals surface area contributed by atoms with E-state index < -0.39 is 0 Å². The standard InChI is InChI=1S/C18H21N3O2S2/c22-16(15-6-5-13-3-1-2-4-14(13)11-15)12-24-18-20-19-17(25-18)21-7-9-23-10-8-21/h5-6,11H,1-4,7-10,12H2. The van der Waals surface area contributed by atoms with Crippen molar-refractivity contribution in [3.63, 3.8) is 0 Å². The predicted octanol–water partition coefficient (Wildman–Crippen LogP) is 3.23. The van der Waals surface area contributed by atoms with Crippen LogP contribution in [0.1, 0.15) is 34.3 Å². The molecule has 0 unspecified atom stereocenters. The lowest BCUT2D eigenvalue weighted by Crippen LogP contribution is -2.36. The summed E-state index contributed by atoms with van der Waals surface area (Å²) in [5.74, 6) is 0.581. The number of ketones is 1. The van der Waals surface area contributed by atoms with Gasteiger partial charge in [-0.2, -0.15) is 0 Å². The van der Waals surface area contributed by atoms with Crippen molar-refractivity contribution in [3.05, 3.63) is 34.9 Å². The lowest BCUT2D eigenvalue weighted by Gasteiger charge is -2.25. The molecule has 1 aromatic heterocycles. The third-order valence-electron chi connectivity index (χ3n) is 4.67. The highest BCUT2D eigenvalue weighted by Gasteiger charge is 2.17. The summed E-state index contributed by atoms with van der Waals surface area (Å²) in [5.41, 5.74) is 3.59. The van der Waals surface area contributed by atoms with E-state index in [1.165, 1.54) is 35.7 Å². The highest BCUT2D eigenvalue weighted by molar-refractivity contribution is 8.01. The van der Waals surface area contributed by atoms with Crippen LogP contribution in [0.3, 0.4) is 0 Å². The molecule has 7 heteroatoms. The molecule has 1 saturated heterocycles. The Kier molecular flexibility index (Phi) is 5.33. The van der Waals surface area contributed by atoms with Gasteiger partial charge in [-0.05, 0) is 42.9 Å². The van der Waals surface area contributed by atoms with Crippen molar-refractivity contribution in [1.82, 2.24) is 10.2 Å². The molecular formula is C18H21N3O2S2. The molecule has 0 atom stereocenters. The molecule has 2 aliphatic rings. The van der Waals surface area contributed by atoms with Gasteiger partial charge in [0.15, 0.2) is 10.1 Å². The second-order valence-corrected chi connectivity index (χ2v) is 8.53. The Hall–Kier alpha value is -1.44. The zero-order chi connectivity index (χ0) is 17.1. The summed E-state index contributed by atoms with van der Waals surface area (Å²) in [4.78, 5) is 14.7. The topological polar surface area (TPSA) is 55.3 Å². The number of ether oxygens (including phenoxy) is 1. The van der Waals surface area contributed by atoms with Gasteiger partial charge >= 0.3 is 0 Å². The van der Waals surface area contributed by atoms with E-state index in [1.54, 1.807) is 11.3 Å². The molecule has 1 aromatic carbocycles. The van der Waals surface area contributed by atoms with Gasteiger partial charge in [-0.25, -0.2) is 0 Å². The summed E-state index contributed by atoms with van der Waals surface area (Å²) >= 11 is 3.04. The number of aryl methyl sites for hydroxylation is 2. The van der Waals surface area contributed by atoms with Crippen LogP contribution in [-0.4, -0.2) is 48.0 Å². The molecule has 0 bridgehead atoms. The number of nitrogens with zero attached hydrogens (tertiary/aromatic N) is 3. The van der Waals surface area contributed by atoms with Crippen LogP contribution < -0.4 is 4.90 Å². The molecule has 1 aliphatic heterocycles. The van der Waals surface area contributed by atoms with Crippen LogP contribution in [0, 0.1) is 0 Å². The number of hydrogen-bond acceptors (Lipinski definition) is 7. The molecule has 132 valence electrons. The molecule has 25 heavy (non-hydrogen) atoms. The van der Waals surface area contributed by atoms with Crippen LogP contribution >= 0.6 is 23.1 Å². The maximum absolute atomic E-state index is 12.5. The van der Waals surface area contributed by atoms with E-state index in [1.807, 2.05) is 6.07 Å². The molecule has 0 spiro atoms. The quantitative estimate of drug-likeness (QED) is 0.591. The van der Waals surface area contributed by atoms with Gasteiger partial charge in [0, 0.05) is 18.7 Å². The third-order valence-corrected chi connectivity index (χ3v) is 6.79. The van der Waals surface area contributed by atoms with Crippen LogP contribution in [-0.2, 0) is 17.6 Å². The zero-order valence-corrected chi connectivity index (χ0v) is 15.7. The molecular weight excluding hydrogens is 354 g/mol. The molecule has 2 aromatic rings. The van der Waals surface area contributed by atoms with Crippen molar-refractivity contribution in [2.24, 2.45) is 0 Å². The molecule has 1 aliphatic carbocycles. The fourth-order valence-corrected chi connectivity index (χ4v) is 5.05. The van der Waals surface area contributed by atoms with Crippen LogP contribution in [0.15, 0.2) is 22.5 Å². The van der Waals surface area contributed by atoms with Gasteiger partial charge in [-0.15, -0.1) is 10.2 Å². The first-order chi connectivity index (χ1) is 12.3. The van der Waals surface area contributed by atoms with Gasteiger partial charge in [0.25, 0.3) is 0 Å². The fraction of sp³-hybridized carbons (Fsp3) is 0.500. The van der Waals surface area contributed by atoms with Crippen molar-refractivity contribution in [1.29, 1.82) is 0 Å². The number of morpholine rings is 1. The number of rotatable bonds is 5. The van der Waals surface area contributed by atoms with E-state index in [4.69, 9.17) is 4.74 Å². The predicted molar refractivity (Wildman–Crippen MR) is 101 cm³/mol. The summed E-state index contributed by atoms with van der Waals surface area (Å²) in [5, 5.41) is 9.40. The van der Waals surface area contributed by atoms with E-state index in [-0.39, 0.29) is 5.78 Å². The van der Waals surface area contributed by atoms with Crippen LogP contribution in [0.4, 0.5) is 5.13 Å². The Morgan fingerprint density at radius 1 is 1.16 bits per heavy atom. The first-order valence-electron chi connectivity index (χ1n) is 8.73. The number of anilines is 1. The summed E-state index contributed by atoms with van der Waals surface area (Å²) < 4.78 is 6.21. The Balaban J connectivity index is 1.36. The van der Waals surface area contributed by atoms with Gasteiger partial charge in [0.2, 0.25) is 5.13 Å². The Morgan fingerprint density at radius 3 is 2.80 bits per heavy atom. The first-order valence-corrected chi connectivity index (χ1v) is 10.5. The average molecular weight is 376 g/mol. The molecule has 0 amide bonds. The zero-order valence-electron chi connectivity index (χ0n) is 14.1. The Bertz CT molecular complexity index is 757. The normalized spacial score (nSPS) is 17.4. The SMILES string of the molecule is O=C(CSc1nnc(N2CCOCC2)s1)c1ccc2c(c1)CCCC2. The van der Waals surface area contributed by atoms with E-state index in [9.17, 15) is 4.79 Å². The Labute approximate surface area is 155 Å². The maximum Gasteiger partial charge on any atom is 0.209 e. The molecule has 1 fully saturated rings. The van der Waals surface area contributed by atoms with Crippen molar-refractivity contribution >= 4 is 34.0 Å². The number of benzene rings is 1. The summed E-state index contributed by atoms with van der Waals surface area (Å²) in [6.45, 7) is 3.18. The largest absolute Gasteiger partial charge is 0.378 e. The Morgan fingerprint density at radius 2 is 1.96 bits per heavy atom. The minimum Gasteiger partial charge on any atom is -0.378 e. The second kappa shape index (κ2) is 7.85. The van der Waals surface area contributed by atoms with Gasteiger partial charge in [0.1, 0.15) is 0 Å². The molecule has 0 radical (unpaired) electrons. The lowest BCUT2D eigenvalue weighted by molar-refractivity contribution is 0.102. The van der Waals surface area contributed by atoms with Gasteiger partial charge in [-0.1, -0.05) is 35.2 Å². The number of thioether (sulfide) groups is 1. The minimum absolute atomic E-state index is 0.168. The highest BCUT2D eigenvalue weighted by Crippen LogP contribution is 2.29. The average Bonchev–Trinajstić information content (AvgIpc) is 3.15. The molecule has 2 heterocycles. The monoisotopic (exact) mass is 375 g/mol. The molecule has 0 N–H and O–H groups in total. The summed E-state index contributed by atoms with van der Waals surface area (Å²) in [6.07, 6.45) is 4.74. The van der Waals surface area contributed by atoms with E-state index in [0.717, 1.165) is 54.2 Å². The summed E-state index contributed by atoms with van der Waals surface area (Å²) in [7, 11) is 0. The third kappa shape index (κ3) is 4.04. The number of Topliss-reactive ketones (excluding diaryl/α,β-unsaturated/α-hetero) is 1. The van der Waals surface area contributed by atoms with Crippen molar-refractivity contribution in [2.45, 2.75) is 30.0 Å². The van der Waals surface area contributed by atoms with Gasteiger partial charge < -0.3 is 9.64 Å². The fourth-order valence-electron chi connectivity index (χ4n) is 3.26. The number of carbonyl (C=O) groups excluding carboxylic acids is 1. The van der Waals surface area contributed by atoms with Crippen LogP contribution in [0.2, 0.25) is 0 Å². The minimum atomic E-state index is 0.168. The van der Waals surface area contributed by atoms with Crippen LogP contribution in [0.25, 0.3) is 0 Å². The lowest BCUT2D eigenvalue weighted by atomic mass is 9.90. The van der Waals surface area contributed by atoms with E-state index in [0.29, 0.717) is 5.75 Å². The highest BCUT2D eigenvalue weighted by atomic mass is 32.2. The maximum atomic E-state index is 12.5. The molecule has 5 nitrogen and oxygen atoms in total. The van der Waals surface area contributed by atoms with E-state index >= 15 is 0 Å². The smallest absolute Gasteiger partial charge is 0.209 e. The number of carbonyl (C=O) groups is 1. The second-order valence-electron chi connectivity index (χ2n) is 6.35. The van der Waals surface area contributed by atoms with Gasteiger partial charge in [-0.3, -0.25) is 4.79 Å². The van der Waals surface area contributed by atoms with Crippen molar-refractivity contribution < 1.29 is 9.53 Å². The van der Waals surface area contributed by atoms with Crippen LogP contribution in [0.5, 0.6) is 0 Å². The molecule has 0 saturated carbocycles. The van der Waals surface area contributed by atoms with Crippen molar-refractivity contribution in [2.75, 3.05) is 37.0 Å². The number of aromatic nitrogens is 2. The number of fused-ring (bicyclic) bond motifs is 1. The van der Waals surface area contributed by atoms with Crippen molar-refractivity contribution in [3.8, 4) is 0 Å². The first kappa shape index (κ1) is 17.0. The van der Waals surface area contributed by atoms with Gasteiger partial charge in [0.05, 0.1) is 19.0 Å². The molecule has 4 rings (SSSR count). The number of hydrogen-bond donors (Lipinski definition) is 0.